The molecule has 0 heterocycles. The van der Waals surface area contributed by atoms with E-state index in [9.17, 15) is 39.6 Å². The molecule has 0 radical (unpaired) electrons. The van der Waals surface area contributed by atoms with Gasteiger partial charge in [0, 0.05) is 5.02 Å². The second-order valence-corrected chi connectivity index (χ2v) is 10.4. The molecule has 3 aromatic rings. The van der Waals surface area contributed by atoms with Gasteiger partial charge in [0.05, 0.1) is 32.4 Å². The highest BCUT2D eigenvalue weighted by Gasteiger charge is 2.37. The van der Waals surface area contributed by atoms with Gasteiger partial charge in [0.25, 0.3) is 10.0 Å². The lowest BCUT2D eigenvalue weighted by Gasteiger charge is -2.25. The monoisotopic (exact) mass is 584 g/mol. The van der Waals surface area contributed by atoms with Gasteiger partial charge < -0.3 is 5.32 Å². The van der Waals surface area contributed by atoms with Gasteiger partial charge in [-0.1, -0.05) is 40.9 Å². The largest absolute Gasteiger partial charge is 0.418 e. The number of alkyl halides is 6. The number of nitrogens with one attached hydrogen (secondary N) is 1. The molecule has 0 spiro atoms. The number of hydrogen-bond donors (Lipinski definition) is 1. The third kappa shape index (κ3) is 6.68. The van der Waals surface area contributed by atoms with Gasteiger partial charge in [0.15, 0.2) is 0 Å². The average Bonchev–Trinajstić information content (AvgIpc) is 2.78. The lowest BCUT2D eigenvalue weighted by molar-refractivity contribution is -0.138. The molecule has 0 aliphatic heterocycles. The smallest absolute Gasteiger partial charge is 0.324 e. The number of anilines is 2. The van der Waals surface area contributed by atoms with Crippen molar-refractivity contribution >= 4 is 50.5 Å². The first-order chi connectivity index (χ1) is 17.0. The standard InChI is InChI=1S/C23H16Cl2F6N2O3S/c1-13-2-6-16(7-3-13)37(35,36)33(15-5-8-19(25)17(11-15)22(26,27)28)12-21(34)32-20-9-4-14(24)10-18(20)23(29,30)31/h2-11H,12H2,1H3,(H,32,34). The number of carbonyl (C=O) groups is 1. The Balaban J connectivity index is 2.08. The molecule has 0 bridgehead atoms. The Morgan fingerprint density at radius 1 is 0.865 bits per heavy atom. The molecule has 1 N–H and O–H groups in total. The summed E-state index contributed by atoms with van der Waals surface area (Å²) in [5.74, 6) is -1.26. The predicted molar refractivity (Wildman–Crippen MR) is 127 cm³/mol. The number of nitrogens with zero attached hydrogens (tertiary/aromatic N) is 1. The average molecular weight is 585 g/mol. The fraction of sp³-hybridized carbons (Fsp3) is 0.174. The van der Waals surface area contributed by atoms with E-state index in [4.69, 9.17) is 23.2 Å². The maximum Gasteiger partial charge on any atom is 0.418 e. The number of amides is 1. The van der Waals surface area contributed by atoms with Gasteiger partial charge in [-0.05, 0) is 55.5 Å². The van der Waals surface area contributed by atoms with E-state index in [0.717, 1.165) is 24.3 Å². The number of aryl methyl sites for hydroxylation is 1. The quantitative estimate of drug-likeness (QED) is 0.312. The van der Waals surface area contributed by atoms with Gasteiger partial charge in [-0.25, -0.2) is 8.42 Å². The fourth-order valence-corrected chi connectivity index (χ4v) is 5.03. The Bertz CT molecular complexity index is 1430. The highest BCUT2D eigenvalue weighted by Crippen LogP contribution is 2.39. The van der Waals surface area contributed by atoms with Gasteiger partial charge >= 0.3 is 12.4 Å². The van der Waals surface area contributed by atoms with Crippen molar-refractivity contribution in [1.29, 1.82) is 0 Å². The van der Waals surface area contributed by atoms with Crippen molar-refractivity contribution in [3.05, 3.63) is 87.4 Å². The minimum Gasteiger partial charge on any atom is -0.324 e. The number of carbonyl (C=O) groups excluding carboxylic acids is 1. The molecular weight excluding hydrogens is 569 g/mol. The first kappa shape index (κ1) is 28.6. The lowest BCUT2D eigenvalue weighted by atomic mass is 10.1. The molecule has 0 aromatic heterocycles. The molecule has 0 unspecified atom stereocenters. The third-order valence-corrected chi connectivity index (χ3v) is 7.35. The molecule has 0 atom stereocenters. The molecule has 14 heteroatoms. The number of halogens is 8. The molecule has 0 aliphatic carbocycles. The molecule has 3 aromatic carbocycles. The van der Waals surface area contributed by atoms with Crippen LogP contribution in [0.25, 0.3) is 0 Å². The van der Waals surface area contributed by atoms with Crippen LogP contribution in [-0.4, -0.2) is 20.9 Å². The van der Waals surface area contributed by atoms with Crippen molar-refractivity contribution in [2.75, 3.05) is 16.2 Å². The molecule has 5 nitrogen and oxygen atoms in total. The van der Waals surface area contributed by atoms with E-state index in [1.165, 1.54) is 24.3 Å². The molecule has 0 saturated carbocycles. The van der Waals surface area contributed by atoms with Crippen LogP contribution in [0.15, 0.2) is 65.6 Å². The number of sulfonamides is 1. The molecule has 0 fully saturated rings. The Kier molecular flexibility index (Phi) is 8.06. The molecule has 37 heavy (non-hydrogen) atoms. The van der Waals surface area contributed by atoms with Crippen molar-refractivity contribution in [2.24, 2.45) is 0 Å². The van der Waals surface area contributed by atoms with Crippen LogP contribution in [0.1, 0.15) is 16.7 Å². The van der Waals surface area contributed by atoms with Gasteiger partial charge in [-0.2, -0.15) is 26.3 Å². The van der Waals surface area contributed by atoms with Crippen LogP contribution in [0.3, 0.4) is 0 Å². The van der Waals surface area contributed by atoms with Crippen LogP contribution in [-0.2, 0) is 27.2 Å². The summed E-state index contributed by atoms with van der Waals surface area (Å²) in [4.78, 5) is 12.4. The normalized spacial score (nSPS) is 12.4. The van der Waals surface area contributed by atoms with Crippen LogP contribution in [0.2, 0.25) is 10.0 Å². The van der Waals surface area contributed by atoms with E-state index in [0.29, 0.717) is 22.0 Å². The summed E-state index contributed by atoms with van der Waals surface area (Å²) in [5.41, 5.74) is -3.29. The number of benzene rings is 3. The van der Waals surface area contributed by atoms with Crippen molar-refractivity contribution < 1.29 is 39.6 Å². The topological polar surface area (TPSA) is 66.5 Å². The lowest BCUT2D eigenvalue weighted by Crippen LogP contribution is -2.38. The summed E-state index contributed by atoms with van der Waals surface area (Å²) >= 11 is 11.3. The third-order valence-electron chi connectivity index (χ3n) is 5.00. The Hall–Kier alpha value is -2.96. The summed E-state index contributed by atoms with van der Waals surface area (Å²) in [5, 5.41) is 0.975. The zero-order valence-corrected chi connectivity index (χ0v) is 20.9. The van der Waals surface area contributed by atoms with E-state index < -0.39 is 62.4 Å². The van der Waals surface area contributed by atoms with Crippen LogP contribution in [0, 0.1) is 6.92 Å². The van der Waals surface area contributed by atoms with Gasteiger partial charge in [-0.15, -0.1) is 0 Å². The molecule has 3 rings (SSSR count). The summed E-state index contributed by atoms with van der Waals surface area (Å²) in [6, 6.07) is 9.89. The summed E-state index contributed by atoms with van der Waals surface area (Å²) in [6.07, 6.45) is -9.88. The first-order valence-electron chi connectivity index (χ1n) is 10.1. The maximum atomic E-state index is 13.4. The Morgan fingerprint density at radius 2 is 1.46 bits per heavy atom. The summed E-state index contributed by atoms with van der Waals surface area (Å²) in [6.45, 7) is 0.510. The maximum absolute atomic E-state index is 13.4. The van der Waals surface area contributed by atoms with Crippen molar-refractivity contribution in [3.63, 3.8) is 0 Å². The second kappa shape index (κ2) is 10.4. The fourth-order valence-electron chi connectivity index (χ4n) is 3.22. The van der Waals surface area contributed by atoms with Crippen LogP contribution < -0.4 is 9.62 Å². The molecular formula is C23H16Cl2F6N2O3S. The van der Waals surface area contributed by atoms with Crippen LogP contribution >= 0.6 is 23.2 Å². The second-order valence-electron chi connectivity index (χ2n) is 7.72. The van der Waals surface area contributed by atoms with Crippen molar-refractivity contribution in [2.45, 2.75) is 24.2 Å². The highest BCUT2D eigenvalue weighted by atomic mass is 35.5. The van der Waals surface area contributed by atoms with E-state index in [1.807, 2.05) is 5.32 Å². The Morgan fingerprint density at radius 3 is 2.03 bits per heavy atom. The number of rotatable bonds is 6. The predicted octanol–water partition coefficient (Wildman–Crippen LogP) is 7.17. The summed E-state index contributed by atoms with van der Waals surface area (Å²) in [7, 11) is -4.66. The minimum absolute atomic E-state index is 0.269. The van der Waals surface area contributed by atoms with Crippen LogP contribution in [0.5, 0.6) is 0 Å². The van der Waals surface area contributed by atoms with Crippen LogP contribution in [0.4, 0.5) is 37.7 Å². The summed E-state index contributed by atoms with van der Waals surface area (Å²) < 4.78 is 108. The molecule has 198 valence electrons. The van der Waals surface area contributed by atoms with E-state index in [1.54, 1.807) is 6.92 Å². The zero-order chi connectivity index (χ0) is 27.8. The number of hydrogen-bond acceptors (Lipinski definition) is 3. The Labute approximate surface area is 217 Å². The van der Waals surface area contributed by atoms with Gasteiger partial charge in [0.2, 0.25) is 5.91 Å². The zero-order valence-electron chi connectivity index (χ0n) is 18.6. The van der Waals surface area contributed by atoms with Crippen molar-refractivity contribution in [1.82, 2.24) is 0 Å². The van der Waals surface area contributed by atoms with E-state index in [-0.39, 0.29) is 9.92 Å². The van der Waals surface area contributed by atoms with Gasteiger partial charge in [-0.3, -0.25) is 9.10 Å². The van der Waals surface area contributed by atoms with E-state index >= 15 is 0 Å². The molecule has 0 aliphatic rings. The van der Waals surface area contributed by atoms with E-state index in [2.05, 4.69) is 0 Å². The SMILES string of the molecule is Cc1ccc(S(=O)(=O)N(CC(=O)Nc2ccc(Cl)cc2C(F)(F)F)c2ccc(Cl)c(C(F)(F)F)c2)cc1. The first-order valence-corrected chi connectivity index (χ1v) is 12.3. The van der Waals surface area contributed by atoms with Gasteiger partial charge in [0.1, 0.15) is 6.54 Å². The molecule has 1 amide bonds. The minimum atomic E-state index is -4.96. The molecule has 0 saturated heterocycles. The van der Waals surface area contributed by atoms with Crippen molar-refractivity contribution in [3.8, 4) is 0 Å². The highest BCUT2D eigenvalue weighted by molar-refractivity contribution is 7.92.